The number of hydrogen-bond donors (Lipinski definition) is 2. The topological polar surface area (TPSA) is 64.3 Å². The molecule has 94 valence electrons. The van der Waals surface area contributed by atoms with E-state index in [-0.39, 0.29) is 17.9 Å². The number of anilines is 2. The molecule has 3 N–H and O–H groups in total. The SMILES string of the molecule is COC(=O)C(Nc1ccc(N)cc1I)C(C)C. The Balaban J connectivity index is 2.90. The van der Waals surface area contributed by atoms with E-state index in [9.17, 15) is 4.79 Å². The highest BCUT2D eigenvalue weighted by Crippen LogP contribution is 2.23. The minimum atomic E-state index is -0.350. The van der Waals surface area contributed by atoms with Gasteiger partial charge >= 0.3 is 5.97 Å². The van der Waals surface area contributed by atoms with Crippen molar-refractivity contribution in [1.82, 2.24) is 0 Å². The molecule has 1 unspecified atom stereocenters. The lowest BCUT2D eigenvalue weighted by molar-refractivity contribution is -0.142. The first-order chi connectivity index (χ1) is 7.95. The van der Waals surface area contributed by atoms with Crippen LogP contribution in [0, 0.1) is 9.49 Å². The predicted molar refractivity (Wildman–Crippen MR) is 77.8 cm³/mol. The van der Waals surface area contributed by atoms with E-state index in [0.29, 0.717) is 5.69 Å². The Bertz CT molecular complexity index is 407. The second-order valence-electron chi connectivity index (χ2n) is 4.13. The molecule has 0 heterocycles. The average Bonchev–Trinajstić information content (AvgIpc) is 2.26. The summed E-state index contributed by atoms with van der Waals surface area (Å²) in [4.78, 5) is 11.6. The van der Waals surface area contributed by atoms with Crippen LogP contribution >= 0.6 is 22.6 Å². The highest BCUT2D eigenvalue weighted by atomic mass is 127. The zero-order chi connectivity index (χ0) is 13.0. The Kier molecular flexibility index (Phi) is 5.04. The Morgan fingerprint density at radius 2 is 2.12 bits per heavy atom. The van der Waals surface area contributed by atoms with Crippen LogP contribution < -0.4 is 11.1 Å². The Hall–Kier alpha value is -0.980. The van der Waals surface area contributed by atoms with Crippen LogP contribution in [-0.4, -0.2) is 19.1 Å². The van der Waals surface area contributed by atoms with Crippen LogP contribution in [0.1, 0.15) is 13.8 Å². The summed E-state index contributed by atoms with van der Waals surface area (Å²) in [5.74, 6) is -0.108. The van der Waals surface area contributed by atoms with Crippen LogP contribution in [0.25, 0.3) is 0 Å². The van der Waals surface area contributed by atoms with Crippen molar-refractivity contribution in [3.05, 3.63) is 21.8 Å². The van der Waals surface area contributed by atoms with E-state index in [1.165, 1.54) is 7.11 Å². The Morgan fingerprint density at radius 1 is 1.47 bits per heavy atom. The molecule has 1 rings (SSSR count). The standard InChI is InChI=1S/C12H17IN2O2/c1-7(2)11(12(16)17-3)15-10-5-4-8(14)6-9(10)13/h4-7,11,15H,14H2,1-3H3. The zero-order valence-electron chi connectivity index (χ0n) is 10.2. The fraction of sp³-hybridized carbons (Fsp3) is 0.417. The molecule has 0 aromatic heterocycles. The molecule has 1 atom stereocenters. The van der Waals surface area contributed by atoms with Crippen molar-refractivity contribution in [3.63, 3.8) is 0 Å². The highest BCUT2D eigenvalue weighted by Gasteiger charge is 2.23. The normalized spacial score (nSPS) is 12.3. The van der Waals surface area contributed by atoms with Crippen molar-refractivity contribution in [2.45, 2.75) is 19.9 Å². The van der Waals surface area contributed by atoms with Crippen molar-refractivity contribution in [1.29, 1.82) is 0 Å². The summed E-state index contributed by atoms with van der Waals surface area (Å²) in [7, 11) is 1.40. The number of halogens is 1. The number of methoxy groups -OCH3 is 1. The molecular weight excluding hydrogens is 331 g/mol. The molecule has 0 spiro atoms. The lowest BCUT2D eigenvalue weighted by Crippen LogP contribution is -2.35. The smallest absolute Gasteiger partial charge is 0.328 e. The predicted octanol–water partition coefficient (Wildman–Crippen LogP) is 2.48. The molecule has 5 heteroatoms. The molecule has 0 aliphatic carbocycles. The van der Waals surface area contributed by atoms with Crippen molar-refractivity contribution in [2.24, 2.45) is 5.92 Å². The van der Waals surface area contributed by atoms with Crippen LogP contribution in [0.2, 0.25) is 0 Å². The second kappa shape index (κ2) is 6.09. The monoisotopic (exact) mass is 348 g/mol. The quantitative estimate of drug-likeness (QED) is 0.499. The molecule has 1 aromatic carbocycles. The highest BCUT2D eigenvalue weighted by molar-refractivity contribution is 14.1. The molecule has 0 amide bonds. The minimum absolute atomic E-state index is 0.149. The number of ether oxygens (including phenoxy) is 1. The van der Waals surface area contributed by atoms with Crippen LogP contribution in [0.3, 0.4) is 0 Å². The van der Waals surface area contributed by atoms with E-state index in [4.69, 9.17) is 10.5 Å². The maximum absolute atomic E-state index is 11.6. The van der Waals surface area contributed by atoms with Crippen molar-refractivity contribution >= 4 is 39.9 Å². The van der Waals surface area contributed by atoms with Gasteiger partial charge in [-0.25, -0.2) is 4.79 Å². The Morgan fingerprint density at radius 3 is 2.59 bits per heavy atom. The van der Waals surface area contributed by atoms with E-state index in [1.54, 1.807) is 6.07 Å². The van der Waals surface area contributed by atoms with E-state index < -0.39 is 0 Å². The number of carbonyl (C=O) groups excluding carboxylic acids is 1. The largest absolute Gasteiger partial charge is 0.467 e. The summed E-state index contributed by atoms with van der Waals surface area (Å²) in [5.41, 5.74) is 7.28. The van der Waals surface area contributed by atoms with Crippen molar-refractivity contribution < 1.29 is 9.53 Å². The Labute approximate surface area is 115 Å². The number of hydrogen-bond acceptors (Lipinski definition) is 4. The summed E-state index contributed by atoms with van der Waals surface area (Å²) in [6.07, 6.45) is 0. The van der Waals surface area contributed by atoms with Gasteiger partial charge < -0.3 is 15.8 Å². The van der Waals surface area contributed by atoms with Gasteiger partial charge in [-0.1, -0.05) is 13.8 Å². The van der Waals surface area contributed by atoms with Crippen molar-refractivity contribution in [2.75, 3.05) is 18.2 Å². The summed E-state index contributed by atoms with van der Waals surface area (Å²) >= 11 is 2.18. The van der Waals surface area contributed by atoms with E-state index in [1.807, 2.05) is 26.0 Å². The van der Waals surface area contributed by atoms with Crippen LogP contribution in [0.4, 0.5) is 11.4 Å². The maximum Gasteiger partial charge on any atom is 0.328 e. The number of nitrogens with one attached hydrogen (secondary N) is 1. The number of carbonyl (C=O) groups is 1. The molecule has 0 saturated carbocycles. The zero-order valence-corrected chi connectivity index (χ0v) is 12.3. The molecule has 0 aliphatic rings. The third-order valence-electron chi connectivity index (χ3n) is 2.43. The lowest BCUT2D eigenvalue weighted by Gasteiger charge is -2.21. The fourth-order valence-corrected chi connectivity index (χ4v) is 2.14. The summed E-state index contributed by atoms with van der Waals surface area (Å²) in [5, 5.41) is 3.19. The molecular formula is C12H17IN2O2. The molecule has 1 aromatic rings. The van der Waals surface area contributed by atoms with Gasteiger partial charge in [-0.05, 0) is 46.7 Å². The molecule has 0 bridgehead atoms. The summed E-state index contributed by atoms with van der Waals surface area (Å²) in [6.45, 7) is 3.94. The van der Waals surface area contributed by atoms with Gasteiger partial charge in [0.15, 0.2) is 0 Å². The van der Waals surface area contributed by atoms with Crippen LogP contribution in [0.5, 0.6) is 0 Å². The van der Waals surface area contributed by atoms with Gasteiger partial charge in [0.1, 0.15) is 6.04 Å². The lowest BCUT2D eigenvalue weighted by atomic mass is 10.0. The molecule has 4 nitrogen and oxygen atoms in total. The maximum atomic E-state index is 11.6. The van der Waals surface area contributed by atoms with Gasteiger partial charge in [0.25, 0.3) is 0 Å². The average molecular weight is 348 g/mol. The van der Waals surface area contributed by atoms with Gasteiger partial charge in [0, 0.05) is 14.9 Å². The number of esters is 1. The van der Waals surface area contributed by atoms with Crippen LogP contribution in [0.15, 0.2) is 18.2 Å². The summed E-state index contributed by atoms with van der Waals surface area (Å²) in [6, 6.07) is 5.18. The second-order valence-corrected chi connectivity index (χ2v) is 5.29. The van der Waals surface area contributed by atoms with Gasteiger partial charge in [0.05, 0.1) is 7.11 Å². The number of benzene rings is 1. The number of nitrogens with two attached hydrogens (primary N) is 1. The third-order valence-corrected chi connectivity index (χ3v) is 3.32. The first-order valence-electron chi connectivity index (χ1n) is 5.35. The van der Waals surface area contributed by atoms with Gasteiger partial charge in [0.2, 0.25) is 0 Å². The molecule has 17 heavy (non-hydrogen) atoms. The van der Waals surface area contributed by atoms with E-state index >= 15 is 0 Å². The fourth-order valence-electron chi connectivity index (χ4n) is 1.44. The first-order valence-corrected chi connectivity index (χ1v) is 6.43. The van der Waals surface area contributed by atoms with Gasteiger partial charge in [-0.15, -0.1) is 0 Å². The first kappa shape index (κ1) is 14.1. The van der Waals surface area contributed by atoms with Gasteiger partial charge in [-0.3, -0.25) is 0 Å². The molecule has 0 saturated heterocycles. The third kappa shape index (κ3) is 3.76. The van der Waals surface area contributed by atoms with Gasteiger partial charge in [-0.2, -0.15) is 0 Å². The molecule has 0 fully saturated rings. The van der Waals surface area contributed by atoms with E-state index in [0.717, 1.165) is 9.26 Å². The number of nitrogen functional groups attached to an aromatic ring is 1. The van der Waals surface area contributed by atoms with Crippen molar-refractivity contribution in [3.8, 4) is 0 Å². The molecule has 0 aliphatic heterocycles. The summed E-state index contributed by atoms with van der Waals surface area (Å²) < 4.78 is 5.76. The van der Waals surface area contributed by atoms with E-state index in [2.05, 4.69) is 27.9 Å². The minimum Gasteiger partial charge on any atom is -0.467 e. The molecule has 0 radical (unpaired) electrons. The number of rotatable bonds is 4. The van der Waals surface area contributed by atoms with Crippen LogP contribution in [-0.2, 0) is 9.53 Å².